The van der Waals surface area contributed by atoms with Crippen molar-refractivity contribution in [2.24, 2.45) is 10.9 Å². The van der Waals surface area contributed by atoms with Crippen molar-refractivity contribution in [3.63, 3.8) is 0 Å². The van der Waals surface area contributed by atoms with E-state index in [9.17, 15) is 9.59 Å². The number of hydrogen-bond acceptors (Lipinski definition) is 4. The summed E-state index contributed by atoms with van der Waals surface area (Å²) >= 11 is 0. The second-order valence-electron chi connectivity index (χ2n) is 7.83. The van der Waals surface area contributed by atoms with E-state index in [1.54, 1.807) is 0 Å². The standard InChI is InChI=1S/C19H39N5O3.HI/c1-9-20-16(25)13-22-17(21-10-2)24(8)12-11-15(14(3)4)23-18(26)27-19(5,6)7;/h14-15H,9-13H2,1-8H3,(H,20,25)(H,21,22)(H,23,26);1H. The number of ether oxygens (including phenoxy) is 1. The lowest BCUT2D eigenvalue weighted by molar-refractivity contribution is -0.119. The number of likely N-dealkylation sites (N-methyl/N-ethyl adjacent to an activating group) is 1. The third-order valence-corrected chi connectivity index (χ3v) is 3.73. The minimum absolute atomic E-state index is 0. The van der Waals surface area contributed by atoms with Gasteiger partial charge in [0.1, 0.15) is 12.1 Å². The summed E-state index contributed by atoms with van der Waals surface area (Å²) in [6.07, 6.45) is 0.333. The van der Waals surface area contributed by atoms with E-state index < -0.39 is 11.7 Å². The van der Waals surface area contributed by atoms with Gasteiger partial charge in [0.2, 0.25) is 5.91 Å². The minimum Gasteiger partial charge on any atom is -0.444 e. The second-order valence-corrected chi connectivity index (χ2v) is 7.83. The van der Waals surface area contributed by atoms with Gasteiger partial charge in [0.25, 0.3) is 0 Å². The highest BCUT2D eigenvalue weighted by Crippen LogP contribution is 2.11. The molecule has 0 aliphatic rings. The van der Waals surface area contributed by atoms with Crippen LogP contribution in [0.1, 0.15) is 54.9 Å². The highest BCUT2D eigenvalue weighted by atomic mass is 127. The zero-order valence-electron chi connectivity index (χ0n) is 18.7. The van der Waals surface area contributed by atoms with Crippen molar-refractivity contribution in [1.29, 1.82) is 0 Å². The van der Waals surface area contributed by atoms with Crippen LogP contribution in [0.15, 0.2) is 4.99 Å². The molecule has 1 unspecified atom stereocenters. The summed E-state index contributed by atoms with van der Waals surface area (Å²) in [4.78, 5) is 30.0. The Balaban J connectivity index is 0. The molecule has 9 heteroatoms. The molecular formula is C19H40IN5O3. The van der Waals surface area contributed by atoms with Gasteiger partial charge in [-0.3, -0.25) is 4.79 Å². The molecule has 28 heavy (non-hydrogen) atoms. The molecule has 0 heterocycles. The molecule has 0 aromatic carbocycles. The zero-order chi connectivity index (χ0) is 21.0. The summed E-state index contributed by atoms with van der Waals surface area (Å²) in [6, 6.07) is -0.0198. The van der Waals surface area contributed by atoms with Gasteiger partial charge in [0.15, 0.2) is 5.96 Å². The number of aliphatic imine (C=N–C) groups is 1. The largest absolute Gasteiger partial charge is 0.444 e. The molecule has 0 saturated heterocycles. The van der Waals surface area contributed by atoms with Crippen LogP contribution in [0.5, 0.6) is 0 Å². The Kier molecular flexibility index (Phi) is 15.2. The van der Waals surface area contributed by atoms with Crippen molar-refractivity contribution in [2.75, 3.05) is 33.2 Å². The van der Waals surface area contributed by atoms with Crippen molar-refractivity contribution >= 4 is 41.9 Å². The van der Waals surface area contributed by atoms with E-state index in [1.165, 1.54) is 0 Å². The number of halogens is 1. The first kappa shape index (κ1) is 28.9. The molecule has 0 aromatic rings. The van der Waals surface area contributed by atoms with Crippen LogP contribution in [0, 0.1) is 5.92 Å². The Morgan fingerprint density at radius 3 is 2.14 bits per heavy atom. The van der Waals surface area contributed by atoms with Crippen LogP contribution in [0.25, 0.3) is 0 Å². The van der Waals surface area contributed by atoms with Crippen LogP contribution in [0.2, 0.25) is 0 Å². The highest BCUT2D eigenvalue weighted by molar-refractivity contribution is 14.0. The van der Waals surface area contributed by atoms with Gasteiger partial charge in [-0.25, -0.2) is 9.79 Å². The SMILES string of the molecule is CCNC(=O)CN=C(NCC)N(C)CCC(NC(=O)OC(C)(C)C)C(C)C.I. The molecule has 0 rings (SSSR count). The first-order valence-corrected chi connectivity index (χ1v) is 9.75. The van der Waals surface area contributed by atoms with Gasteiger partial charge in [-0.2, -0.15) is 0 Å². The molecule has 0 spiro atoms. The Labute approximate surface area is 187 Å². The Morgan fingerprint density at radius 2 is 1.68 bits per heavy atom. The molecule has 1 atom stereocenters. The van der Waals surface area contributed by atoms with Crippen LogP contribution in [0.4, 0.5) is 4.79 Å². The van der Waals surface area contributed by atoms with E-state index in [0.717, 1.165) is 6.42 Å². The van der Waals surface area contributed by atoms with Gasteiger partial charge in [-0.05, 0) is 47.0 Å². The van der Waals surface area contributed by atoms with Crippen LogP contribution < -0.4 is 16.0 Å². The lowest BCUT2D eigenvalue weighted by Crippen LogP contribution is -2.45. The first-order chi connectivity index (χ1) is 12.5. The molecule has 0 aliphatic heterocycles. The Morgan fingerprint density at radius 1 is 1.11 bits per heavy atom. The van der Waals surface area contributed by atoms with E-state index >= 15 is 0 Å². The molecule has 0 radical (unpaired) electrons. The number of carbonyl (C=O) groups is 2. The third kappa shape index (κ3) is 13.8. The molecule has 166 valence electrons. The fraction of sp³-hybridized carbons (Fsp3) is 0.842. The normalized spacial score (nSPS) is 12.7. The number of hydrogen-bond donors (Lipinski definition) is 3. The quantitative estimate of drug-likeness (QED) is 0.250. The Hall–Kier alpha value is -1.26. The summed E-state index contributed by atoms with van der Waals surface area (Å²) in [5.74, 6) is 0.831. The smallest absolute Gasteiger partial charge is 0.407 e. The van der Waals surface area contributed by atoms with E-state index in [-0.39, 0.29) is 48.4 Å². The van der Waals surface area contributed by atoms with Crippen molar-refractivity contribution in [3.05, 3.63) is 0 Å². The number of rotatable bonds is 9. The number of carbonyl (C=O) groups excluding carboxylic acids is 2. The summed E-state index contributed by atoms with van der Waals surface area (Å²) < 4.78 is 5.35. The fourth-order valence-corrected chi connectivity index (χ4v) is 2.34. The predicted molar refractivity (Wildman–Crippen MR) is 125 cm³/mol. The molecule has 0 aromatic heterocycles. The zero-order valence-corrected chi connectivity index (χ0v) is 21.0. The monoisotopic (exact) mass is 513 g/mol. The van der Waals surface area contributed by atoms with Gasteiger partial charge in [-0.1, -0.05) is 13.8 Å². The molecule has 0 saturated carbocycles. The summed E-state index contributed by atoms with van der Waals surface area (Å²) in [5, 5.41) is 8.88. The maximum absolute atomic E-state index is 12.1. The van der Waals surface area contributed by atoms with Crippen LogP contribution in [-0.2, 0) is 9.53 Å². The summed E-state index contributed by atoms with van der Waals surface area (Å²) in [5.41, 5.74) is -0.521. The van der Waals surface area contributed by atoms with Gasteiger partial charge in [0, 0.05) is 32.7 Å². The number of nitrogens with one attached hydrogen (secondary N) is 3. The molecule has 2 amide bonds. The van der Waals surface area contributed by atoms with Crippen molar-refractivity contribution < 1.29 is 14.3 Å². The van der Waals surface area contributed by atoms with Crippen LogP contribution in [0.3, 0.4) is 0 Å². The lowest BCUT2D eigenvalue weighted by atomic mass is 10.0. The first-order valence-electron chi connectivity index (χ1n) is 9.75. The highest BCUT2D eigenvalue weighted by Gasteiger charge is 2.22. The number of guanidine groups is 1. The van der Waals surface area contributed by atoms with E-state index in [1.807, 2.05) is 46.6 Å². The van der Waals surface area contributed by atoms with Crippen LogP contribution >= 0.6 is 24.0 Å². The van der Waals surface area contributed by atoms with Gasteiger partial charge >= 0.3 is 6.09 Å². The average molecular weight is 513 g/mol. The molecular weight excluding hydrogens is 473 g/mol. The molecule has 0 aliphatic carbocycles. The number of alkyl carbamates (subject to hydrolysis) is 1. The fourth-order valence-electron chi connectivity index (χ4n) is 2.34. The predicted octanol–water partition coefficient (Wildman–Crippen LogP) is 2.58. The molecule has 8 nitrogen and oxygen atoms in total. The van der Waals surface area contributed by atoms with E-state index in [4.69, 9.17) is 4.74 Å². The second kappa shape index (κ2) is 14.7. The van der Waals surface area contributed by atoms with Crippen molar-refractivity contribution in [2.45, 2.75) is 66.5 Å². The number of amides is 2. The van der Waals surface area contributed by atoms with E-state index in [2.05, 4.69) is 34.8 Å². The minimum atomic E-state index is -0.521. The lowest BCUT2D eigenvalue weighted by Gasteiger charge is -2.28. The van der Waals surface area contributed by atoms with Gasteiger partial charge in [-0.15, -0.1) is 24.0 Å². The topological polar surface area (TPSA) is 95.1 Å². The van der Waals surface area contributed by atoms with Gasteiger partial charge in [0.05, 0.1) is 0 Å². The Bertz CT molecular complexity index is 492. The van der Waals surface area contributed by atoms with E-state index in [0.29, 0.717) is 25.6 Å². The summed E-state index contributed by atoms with van der Waals surface area (Å²) in [7, 11) is 1.92. The molecule has 0 bridgehead atoms. The van der Waals surface area contributed by atoms with Gasteiger partial charge < -0.3 is 25.6 Å². The average Bonchev–Trinajstić information content (AvgIpc) is 2.53. The molecule has 3 N–H and O–H groups in total. The molecule has 0 fully saturated rings. The van der Waals surface area contributed by atoms with Crippen molar-refractivity contribution in [1.82, 2.24) is 20.9 Å². The van der Waals surface area contributed by atoms with Crippen LogP contribution in [-0.4, -0.2) is 67.7 Å². The number of nitrogens with zero attached hydrogens (tertiary/aromatic N) is 2. The maximum Gasteiger partial charge on any atom is 0.407 e. The van der Waals surface area contributed by atoms with Crippen molar-refractivity contribution in [3.8, 4) is 0 Å². The third-order valence-electron chi connectivity index (χ3n) is 3.73. The maximum atomic E-state index is 12.1. The summed E-state index contributed by atoms with van der Waals surface area (Å²) in [6.45, 7) is 15.6.